The summed E-state index contributed by atoms with van der Waals surface area (Å²) in [6.45, 7) is 0. The number of benzene rings is 1. The Morgan fingerprint density at radius 1 is 1.20 bits per heavy atom. The first kappa shape index (κ1) is 6.54. The van der Waals surface area contributed by atoms with E-state index in [-0.39, 0.29) is 11.4 Å². The lowest BCUT2D eigenvalue weighted by Gasteiger charge is -2.00. The largest absolute Gasteiger partial charge is 0.872 e. The molecule has 0 saturated heterocycles. The number of rotatable bonds is 1. The number of hydrogen-bond donors (Lipinski definition) is 0. The van der Waals surface area contributed by atoms with E-state index >= 15 is 0 Å². The Balaban J connectivity index is 3.00. The van der Waals surface area contributed by atoms with Gasteiger partial charge in [-0.15, -0.1) is 5.75 Å². The van der Waals surface area contributed by atoms with E-state index in [1.807, 2.05) is 0 Å². The smallest absolute Gasteiger partial charge is 0.269 e. The third-order valence-corrected chi connectivity index (χ3v) is 1.05. The summed E-state index contributed by atoms with van der Waals surface area (Å²) in [5.74, 6) is -0.217. The summed E-state index contributed by atoms with van der Waals surface area (Å²) in [5, 5.41) is 20.4. The van der Waals surface area contributed by atoms with Gasteiger partial charge in [-0.3, -0.25) is 10.1 Å². The highest BCUT2D eigenvalue weighted by Gasteiger charge is 1.99. The van der Waals surface area contributed by atoms with Gasteiger partial charge >= 0.3 is 0 Å². The number of non-ortho nitro benzene ring substituents is 1. The summed E-state index contributed by atoms with van der Waals surface area (Å²) in [6.07, 6.45) is 0. The Labute approximate surface area is 56.9 Å². The minimum atomic E-state index is -0.542. The molecule has 0 aromatic heterocycles. The Bertz CT molecular complexity index is 242. The summed E-state index contributed by atoms with van der Waals surface area (Å²) in [6, 6.07) is 4.70. The molecule has 0 amide bonds. The SMILES string of the molecule is O=[N+]([O-])c1ccc([O-])cc1. The highest BCUT2D eigenvalue weighted by Crippen LogP contribution is 2.12. The molecule has 0 aliphatic carbocycles. The first-order valence-electron chi connectivity index (χ1n) is 2.61. The molecule has 0 aliphatic heterocycles. The molecule has 52 valence electrons. The minimum Gasteiger partial charge on any atom is -0.872 e. The second-order valence-electron chi connectivity index (χ2n) is 1.75. The van der Waals surface area contributed by atoms with E-state index in [0.29, 0.717) is 0 Å². The Morgan fingerprint density at radius 2 is 1.70 bits per heavy atom. The predicted octanol–water partition coefficient (Wildman–Crippen LogP) is 0.668. The van der Waals surface area contributed by atoms with Crippen molar-refractivity contribution in [1.29, 1.82) is 0 Å². The fourth-order valence-electron chi connectivity index (χ4n) is 0.568. The lowest BCUT2D eigenvalue weighted by molar-refractivity contribution is -0.385. The van der Waals surface area contributed by atoms with Gasteiger partial charge in [0.25, 0.3) is 5.69 Å². The lowest BCUT2D eigenvalue weighted by atomic mass is 10.3. The molecule has 1 aromatic rings. The van der Waals surface area contributed by atoms with Gasteiger partial charge in [0.2, 0.25) is 0 Å². The standard InChI is InChI=1S/C6H5NO3/c8-6-3-1-5(2-4-6)7(9)10/h1-4,8H/p-1. The van der Waals surface area contributed by atoms with Crippen molar-refractivity contribution in [3.05, 3.63) is 34.4 Å². The number of hydrogen-bond acceptors (Lipinski definition) is 3. The quantitative estimate of drug-likeness (QED) is 0.423. The van der Waals surface area contributed by atoms with Crippen LogP contribution in [-0.4, -0.2) is 4.92 Å². The molecular formula is C6H4NO3-. The van der Waals surface area contributed by atoms with Gasteiger partial charge in [-0.05, 0) is 0 Å². The van der Waals surface area contributed by atoms with E-state index in [0.717, 1.165) is 12.1 Å². The molecule has 4 nitrogen and oxygen atoms in total. The maximum Gasteiger partial charge on any atom is 0.269 e. The van der Waals surface area contributed by atoms with Crippen molar-refractivity contribution in [1.82, 2.24) is 0 Å². The van der Waals surface area contributed by atoms with Crippen LogP contribution in [-0.2, 0) is 0 Å². The molecule has 0 N–H and O–H groups in total. The van der Waals surface area contributed by atoms with Crippen LogP contribution in [0.1, 0.15) is 0 Å². The second-order valence-corrected chi connectivity index (χ2v) is 1.75. The highest BCUT2D eigenvalue weighted by atomic mass is 16.6. The molecule has 0 heterocycles. The van der Waals surface area contributed by atoms with Crippen LogP contribution in [0.2, 0.25) is 0 Å². The fourth-order valence-corrected chi connectivity index (χ4v) is 0.568. The van der Waals surface area contributed by atoms with E-state index in [4.69, 9.17) is 0 Å². The van der Waals surface area contributed by atoms with Gasteiger partial charge < -0.3 is 5.11 Å². The Hall–Kier alpha value is -1.58. The van der Waals surface area contributed by atoms with Gasteiger partial charge in [0.05, 0.1) is 4.92 Å². The van der Waals surface area contributed by atoms with E-state index in [2.05, 4.69) is 0 Å². The van der Waals surface area contributed by atoms with Crippen LogP contribution in [0.25, 0.3) is 0 Å². The molecule has 0 fully saturated rings. The van der Waals surface area contributed by atoms with E-state index in [9.17, 15) is 15.2 Å². The van der Waals surface area contributed by atoms with E-state index < -0.39 is 4.92 Å². The molecule has 0 spiro atoms. The monoisotopic (exact) mass is 138 g/mol. The van der Waals surface area contributed by atoms with Crippen molar-refractivity contribution in [3.63, 3.8) is 0 Å². The van der Waals surface area contributed by atoms with Crippen molar-refractivity contribution in [3.8, 4) is 5.75 Å². The van der Waals surface area contributed by atoms with Gasteiger partial charge in [-0.1, -0.05) is 12.1 Å². The van der Waals surface area contributed by atoms with E-state index in [1.54, 1.807) is 0 Å². The van der Waals surface area contributed by atoms with Crippen LogP contribution in [0, 0.1) is 10.1 Å². The molecule has 1 rings (SSSR count). The summed E-state index contributed by atoms with van der Waals surface area (Å²) in [4.78, 5) is 9.47. The van der Waals surface area contributed by atoms with Gasteiger partial charge in [0.15, 0.2) is 0 Å². The second kappa shape index (κ2) is 2.34. The first-order chi connectivity index (χ1) is 4.70. The molecule has 0 aliphatic rings. The van der Waals surface area contributed by atoms with Gasteiger partial charge in [-0.2, -0.15) is 0 Å². The zero-order valence-electron chi connectivity index (χ0n) is 4.98. The number of nitro benzene ring substituents is 1. The third kappa shape index (κ3) is 1.22. The van der Waals surface area contributed by atoms with Crippen molar-refractivity contribution < 1.29 is 10.0 Å². The molecule has 0 saturated carbocycles. The van der Waals surface area contributed by atoms with Crippen LogP contribution >= 0.6 is 0 Å². The Morgan fingerprint density at radius 3 is 2.10 bits per heavy atom. The number of nitro groups is 1. The molecule has 0 unspecified atom stereocenters. The first-order valence-corrected chi connectivity index (χ1v) is 2.61. The van der Waals surface area contributed by atoms with Crippen LogP contribution < -0.4 is 5.11 Å². The summed E-state index contributed by atoms with van der Waals surface area (Å²) in [7, 11) is 0. The summed E-state index contributed by atoms with van der Waals surface area (Å²) < 4.78 is 0. The fraction of sp³-hybridized carbons (Fsp3) is 0. The molecule has 4 heteroatoms. The number of nitrogens with zero attached hydrogens (tertiary/aromatic N) is 1. The predicted molar refractivity (Wildman–Crippen MR) is 32.5 cm³/mol. The lowest BCUT2D eigenvalue weighted by Crippen LogP contribution is -1.90. The average molecular weight is 138 g/mol. The molecular weight excluding hydrogens is 134 g/mol. The average Bonchev–Trinajstić information content (AvgIpc) is 1.88. The molecule has 0 bridgehead atoms. The van der Waals surface area contributed by atoms with E-state index in [1.165, 1.54) is 12.1 Å². The van der Waals surface area contributed by atoms with Crippen LogP contribution in [0.5, 0.6) is 5.75 Å². The Kier molecular flexibility index (Phi) is 1.53. The highest BCUT2D eigenvalue weighted by molar-refractivity contribution is 5.34. The molecule has 10 heavy (non-hydrogen) atoms. The maximum absolute atomic E-state index is 10.4. The van der Waals surface area contributed by atoms with Crippen LogP contribution in [0.4, 0.5) is 5.69 Å². The third-order valence-electron chi connectivity index (χ3n) is 1.05. The van der Waals surface area contributed by atoms with Crippen LogP contribution in [0.3, 0.4) is 0 Å². The summed E-state index contributed by atoms with van der Waals surface area (Å²) >= 11 is 0. The summed E-state index contributed by atoms with van der Waals surface area (Å²) in [5.41, 5.74) is -0.0559. The van der Waals surface area contributed by atoms with Crippen molar-refractivity contribution in [2.45, 2.75) is 0 Å². The topological polar surface area (TPSA) is 66.2 Å². The normalized spacial score (nSPS) is 9.20. The van der Waals surface area contributed by atoms with Crippen molar-refractivity contribution in [2.75, 3.05) is 0 Å². The van der Waals surface area contributed by atoms with Gasteiger partial charge in [-0.25, -0.2) is 0 Å². The van der Waals surface area contributed by atoms with Gasteiger partial charge in [0, 0.05) is 12.1 Å². The van der Waals surface area contributed by atoms with Gasteiger partial charge in [0.1, 0.15) is 0 Å². The maximum atomic E-state index is 10.4. The zero-order valence-corrected chi connectivity index (χ0v) is 4.98. The molecule has 0 radical (unpaired) electrons. The molecule has 1 aromatic carbocycles. The zero-order chi connectivity index (χ0) is 7.56. The molecule has 0 atom stereocenters. The van der Waals surface area contributed by atoms with Crippen molar-refractivity contribution >= 4 is 5.69 Å². The van der Waals surface area contributed by atoms with Crippen molar-refractivity contribution in [2.24, 2.45) is 0 Å². The minimum absolute atomic E-state index is 0.0559. The van der Waals surface area contributed by atoms with Crippen LogP contribution in [0.15, 0.2) is 24.3 Å².